The van der Waals surface area contributed by atoms with E-state index in [-0.39, 0.29) is 11.9 Å². The van der Waals surface area contributed by atoms with Crippen molar-refractivity contribution in [3.8, 4) is 0 Å². The fourth-order valence-electron chi connectivity index (χ4n) is 3.88. The SMILES string of the molecule is CNC(=O)C1CCCCN1C1CCCCCC1CN. The molecule has 0 aromatic rings. The zero-order valence-corrected chi connectivity index (χ0v) is 12.2. The molecule has 0 spiro atoms. The van der Waals surface area contributed by atoms with E-state index in [1.807, 2.05) is 0 Å². The summed E-state index contributed by atoms with van der Waals surface area (Å²) in [7, 11) is 1.75. The van der Waals surface area contributed by atoms with Crippen LogP contribution in [0.1, 0.15) is 51.4 Å². The molecule has 1 saturated carbocycles. The van der Waals surface area contributed by atoms with Gasteiger partial charge in [-0.25, -0.2) is 0 Å². The fraction of sp³-hybridized carbons (Fsp3) is 0.933. The van der Waals surface area contributed by atoms with Crippen LogP contribution in [0.3, 0.4) is 0 Å². The summed E-state index contributed by atoms with van der Waals surface area (Å²) in [6, 6.07) is 0.603. The molecule has 1 aliphatic heterocycles. The maximum atomic E-state index is 12.1. The van der Waals surface area contributed by atoms with E-state index in [0.29, 0.717) is 12.0 Å². The van der Waals surface area contributed by atoms with Crippen LogP contribution in [0, 0.1) is 5.92 Å². The molecule has 3 atom stereocenters. The number of hydrogen-bond donors (Lipinski definition) is 2. The molecule has 0 radical (unpaired) electrons. The second-order valence-corrected chi connectivity index (χ2v) is 6.06. The molecule has 3 N–H and O–H groups in total. The summed E-state index contributed by atoms with van der Waals surface area (Å²) in [6.45, 7) is 1.83. The predicted octanol–water partition coefficient (Wildman–Crippen LogP) is 1.49. The Balaban J connectivity index is 2.12. The summed E-state index contributed by atoms with van der Waals surface area (Å²) in [5.41, 5.74) is 6.00. The second-order valence-electron chi connectivity index (χ2n) is 6.06. The highest BCUT2D eigenvalue weighted by atomic mass is 16.2. The first-order valence-electron chi connectivity index (χ1n) is 7.95. The molecule has 2 rings (SSSR count). The molecule has 4 heteroatoms. The van der Waals surface area contributed by atoms with E-state index in [0.717, 1.165) is 19.5 Å². The zero-order valence-electron chi connectivity index (χ0n) is 12.2. The lowest BCUT2D eigenvalue weighted by atomic mass is 9.89. The lowest BCUT2D eigenvalue weighted by Gasteiger charge is -2.43. The number of nitrogens with zero attached hydrogens (tertiary/aromatic N) is 1. The molecular weight excluding hydrogens is 238 g/mol. The van der Waals surface area contributed by atoms with Crippen molar-refractivity contribution in [2.45, 2.75) is 63.5 Å². The fourth-order valence-corrected chi connectivity index (χ4v) is 3.88. The lowest BCUT2D eigenvalue weighted by Crippen LogP contribution is -2.55. The van der Waals surface area contributed by atoms with Crippen LogP contribution >= 0.6 is 0 Å². The third-order valence-electron chi connectivity index (χ3n) is 4.94. The molecule has 1 saturated heterocycles. The molecule has 3 unspecified atom stereocenters. The number of piperidine rings is 1. The number of carbonyl (C=O) groups is 1. The quantitative estimate of drug-likeness (QED) is 0.762. The van der Waals surface area contributed by atoms with E-state index in [1.54, 1.807) is 7.05 Å². The minimum absolute atomic E-state index is 0.0795. The Morgan fingerprint density at radius 2 is 1.89 bits per heavy atom. The summed E-state index contributed by atoms with van der Waals surface area (Å²) < 4.78 is 0. The second kappa shape index (κ2) is 7.25. The van der Waals surface area contributed by atoms with E-state index >= 15 is 0 Å². The molecule has 2 fully saturated rings. The maximum absolute atomic E-state index is 12.1. The van der Waals surface area contributed by atoms with Gasteiger partial charge in [0.2, 0.25) is 5.91 Å². The minimum Gasteiger partial charge on any atom is -0.358 e. The van der Waals surface area contributed by atoms with Crippen molar-refractivity contribution in [3.05, 3.63) is 0 Å². The molecular formula is C15H29N3O. The molecule has 110 valence electrons. The van der Waals surface area contributed by atoms with Crippen LogP contribution in [0.15, 0.2) is 0 Å². The van der Waals surface area contributed by atoms with Gasteiger partial charge in [-0.1, -0.05) is 25.7 Å². The number of likely N-dealkylation sites (tertiary alicyclic amines) is 1. The Kier molecular flexibility index (Phi) is 5.64. The van der Waals surface area contributed by atoms with Crippen LogP contribution in [-0.2, 0) is 4.79 Å². The summed E-state index contributed by atoms with van der Waals surface area (Å²) in [5.74, 6) is 0.771. The van der Waals surface area contributed by atoms with E-state index < -0.39 is 0 Å². The third kappa shape index (κ3) is 3.48. The highest BCUT2D eigenvalue weighted by Gasteiger charge is 2.36. The van der Waals surface area contributed by atoms with Crippen molar-refractivity contribution in [1.29, 1.82) is 0 Å². The summed E-state index contributed by atoms with van der Waals surface area (Å²) in [4.78, 5) is 14.6. The van der Waals surface area contributed by atoms with Crippen molar-refractivity contribution in [2.75, 3.05) is 20.1 Å². The molecule has 4 nitrogen and oxygen atoms in total. The first-order chi connectivity index (χ1) is 9.27. The number of hydrogen-bond acceptors (Lipinski definition) is 3. The average Bonchev–Trinajstić information content (AvgIpc) is 2.71. The van der Waals surface area contributed by atoms with Gasteiger partial charge in [-0.05, 0) is 44.7 Å². The number of nitrogens with two attached hydrogens (primary N) is 1. The Morgan fingerprint density at radius 1 is 1.16 bits per heavy atom. The lowest BCUT2D eigenvalue weighted by molar-refractivity contribution is -0.129. The van der Waals surface area contributed by atoms with Crippen molar-refractivity contribution in [1.82, 2.24) is 10.2 Å². The molecule has 1 amide bonds. The van der Waals surface area contributed by atoms with Gasteiger partial charge in [-0.3, -0.25) is 9.69 Å². The highest BCUT2D eigenvalue weighted by Crippen LogP contribution is 2.31. The minimum atomic E-state index is 0.0795. The molecule has 2 aliphatic rings. The monoisotopic (exact) mass is 267 g/mol. The van der Waals surface area contributed by atoms with Gasteiger partial charge in [0.1, 0.15) is 0 Å². The van der Waals surface area contributed by atoms with Gasteiger partial charge in [0, 0.05) is 13.1 Å². The first kappa shape index (κ1) is 14.8. The molecule has 0 aromatic carbocycles. The highest BCUT2D eigenvalue weighted by molar-refractivity contribution is 5.81. The van der Waals surface area contributed by atoms with E-state index in [1.165, 1.54) is 44.9 Å². The number of carbonyl (C=O) groups excluding carboxylic acids is 1. The standard InChI is InChI=1S/C15H29N3O/c1-17-15(19)14-9-5-6-10-18(14)13-8-4-2-3-7-12(13)11-16/h12-14H,2-11,16H2,1H3,(H,17,19). The van der Waals surface area contributed by atoms with Gasteiger partial charge in [0.05, 0.1) is 6.04 Å². The Labute approximate surface area is 117 Å². The molecule has 1 aliphatic carbocycles. The predicted molar refractivity (Wildman–Crippen MR) is 77.8 cm³/mol. The van der Waals surface area contributed by atoms with E-state index in [4.69, 9.17) is 5.73 Å². The van der Waals surface area contributed by atoms with Crippen LogP contribution < -0.4 is 11.1 Å². The molecule has 19 heavy (non-hydrogen) atoms. The van der Waals surface area contributed by atoms with Crippen LogP contribution in [0.4, 0.5) is 0 Å². The van der Waals surface area contributed by atoms with Crippen LogP contribution in [0.5, 0.6) is 0 Å². The number of amides is 1. The maximum Gasteiger partial charge on any atom is 0.237 e. The third-order valence-corrected chi connectivity index (χ3v) is 4.94. The number of likely N-dealkylation sites (N-methyl/N-ethyl adjacent to an activating group) is 1. The Bertz CT molecular complexity index is 295. The molecule has 0 bridgehead atoms. The first-order valence-corrected chi connectivity index (χ1v) is 7.95. The van der Waals surface area contributed by atoms with Gasteiger partial charge in [0.15, 0.2) is 0 Å². The van der Waals surface area contributed by atoms with Crippen LogP contribution in [0.25, 0.3) is 0 Å². The van der Waals surface area contributed by atoms with Gasteiger partial charge in [-0.2, -0.15) is 0 Å². The van der Waals surface area contributed by atoms with E-state index in [9.17, 15) is 4.79 Å². The average molecular weight is 267 g/mol. The van der Waals surface area contributed by atoms with Gasteiger partial charge in [-0.15, -0.1) is 0 Å². The summed E-state index contributed by atoms with van der Waals surface area (Å²) in [5, 5.41) is 2.84. The van der Waals surface area contributed by atoms with E-state index in [2.05, 4.69) is 10.2 Å². The van der Waals surface area contributed by atoms with Crippen molar-refractivity contribution in [3.63, 3.8) is 0 Å². The molecule has 1 heterocycles. The van der Waals surface area contributed by atoms with Crippen LogP contribution in [-0.4, -0.2) is 43.0 Å². The Morgan fingerprint density at radius 3 is 2.63 bits per heavy atom. The van der Waals surface area contributed by atoms with Crippen molar-refractivity contribution >= 4 is 5.91 Å². The van der Waals surface area contributed by atoms with Gasteiger partial charge < -0.3 is 11.1 Å². The smallest absolute Gasteiger partial charge is 0.237 e. The Hall–Kier alpha value is -0.610. The van der Waals surface area contributed by atoms with Crippen LogP contribution in [0.2, 0.25) is 0 Å². The van der Waals surface area contributed by atoms with Crippen molar-refractivity contribution in [2.24, 2.45) is 11.7 Å². The summed E-state index contributed by atoms with van der Waals surface area (Å²) >= 11 is 0. The number of rotatable bonds is 3. The van der Waals surface area contributed by atoms with Gasteiger partial charge >= 0.3 is 0 Å². The number of nitrogens with one attached hydrogen (secondary N) is 1. The summed E-state index contributed by atoms with van der Waals surface area (Å²) in [6.07, 6.45) is 9.78. The largest absolute Gasteiger partial charge is 0.358 e. The van der Waals surface area contributed by atoms with Crippen molar-refractivity contribution < 1.29 is 4.79 Å². The normalized spacial score (nSPS) is 33.7. The topological polar surface area (TPSA) is 58.4 Å². The van der Waals surface area contributed by atoms with Gasteiger partial charge in [0.25, 0.3) is 0 Å². The zero-order chi connectivity index (χ0) is 13.7. The molecule has 0 aromatic heterocycles.